The van der Waals surface area contributed by atoms with E-state index in [1.807, 2.05) is 30.4 Å². The van der Waals surface area contributed by atoms with Crippen molar-refractivity contribution in [2.45, 2.75) is 12.5 Å². The summed E-state index contributed by atoms with van der Waals surface area (Å²) in [5.74, 6) is 1.12. The van der Waals surface area contributed by atoms with Crippen LogP contribution < -0.4 is 24.8 Å². The van der Waals surface area contributed by atoms with Gasteiger partial charge in [-0.1, -0.05) is 54.6 Å². The van der Waals surface area contributed by atoms with Crippen LogP contribution in [0.3, 0.4) is 0 Å². The third kappa shape index (κ3) is 9.77. The van der Waals surface area contributed by atoms with E-state index in [-0.39, 0.29) is 25.3 Å². The standard InChI is InChI=1S/C29H30N2O8/c1-36-24-16-22(17-25(19-24)37-2)9-8-20-10-12-23(13-11-20)39-29(35)38-15-14-30-27(32)26(31-28(33)34)18-21-6-4-3-5-7-21/h3-13,16-17,19,26,31H,14-15,18H2,1-2H3,(H,30,32)(H,33,34). The molecule has 0 aromatic heterocycles. The topological polar surface area (TPSA) is 132 Å². The maximum atomic E-state index is 12.4. The van der Waals surface area contributed by atoms with Gasteiger partial charge in [0.2, 0.25) is 5.91 Å². The summed E-state index contributed by atoms with van der Waals surface area (Å²) >= 11 is 0. The first-order valence-corrected chi connectivity index (χ1v) is 12.0. The summed E-state index contributed by atoms with van der Waals surface area (Å²) in [7, 11) is 3.18. The molecular weight excluding hydrogens is 504 g/mol. The van der Waals surface area contributed by atoms with Gasteiger partial charge in [0.05, 0.1) is 20.8 Å². The Balaban J connectivity index is 1.44. The highest BCUT2D eigenvalue weighted by atomic mass is 16.7. The number of hydrogen-bond acceptors (Lipinski definition) is 7. The number of nitrogens with one attached hydrogen (secondary N) is 2. The van der Waals surface area contributed by atoms with Gasteiger partial charge in [-0.25, -0.2) is 9.59 Å². The minimum absolute atomic E-state index is 0.0146. The van der Waals surface area contributed by atoms with E-state index >= 15 is 0 Å². The molecule has 3 aromatic carbocycles. The van der Waals surface area contributed by atoms with Crippen molar-refractivity contribution in [2.75, 3.05) is 27.4 Å². The van der Waals surface area contributed by atoms with Crippen LogP contribution in [0, 0.1) is 0 Å². The van der Waals surface area contributed by atoms with Crippen molar-refractivity contribution in [3.63, 3.8) is 0 Å². The van der Waals surface area contributed by atoms with Gasteiger partial charge in [-0.05, 0) is 41.0 Å². The number of amides is 2. The highest BCUT2D eigenvalue weighted by molar-refractivity contribution is 5.85. The number of carbonyl (C=O) groups is 3. The van der Waals surface area contributed by atoms with E-state index < -0.39 is 24.2 Å². The van der Waals surface area contributed by atoms with Crippen LogP contribution >= 0.6 is 0 Å². The largest absolute Gasteiger partial charge is 0.513 e. The summed E-state index contributed by atoms with van der Waals surface area (Å²) in [5, 5.41) is 13.8. The molecule has 0 saturated heterocycles. The van der Waals surface area contributed by atoms with Gasteiger partial charge >= 0.3 is 12.2 Å². The van der Waals surface area contributed by atoms with Crippen LogP contribution in [-0.2, 0) is 16.0 Å². The molecule has 0 heterocycles. The Morgan fingerprint density at radius 2 is 1.49 bits per heavy atom. The van der Waals surface area contributed by atoms with Crippen molar-refractivity contribution in [1.29, 1.82) is 0 Å². The molecular formula is C29H30N2O8. The lowest BCUT2D eigenvalue weighted by Gasteiger charge is -2.17. The van der Waals surface area contributed by atoms with E-state index in [0.29, 0.717) is 11.5 Å². The van der Waals surface area contributed by atoms with E-state index in [0.717, 1.165) is 16.7 Å². The maximum absolute atomic E-state index is 12.4. The van der Waals surface area contributed by atoms with Gasteiger partial charge in [-0.3, -0.25) is 4.79 Å². The van der Waals surface area contributed by atoms with Gasteiger partial charge in [0, 0.05) is 12.5 Å². The molecule has 2 amide bonds. The fourth-order valence-corrected chi connectivity index (χ4v) is 3.53. The zero-order valence-electron chi connectivity index (χ0n) is 21.6. The minimum atomic E-state index is -1.31. The smallest absolute Gasteiger partial charge is 0.497 e. The molecule has 3 rings (SSSR count). The zero-order chi connectivity index (χ0) is 28.0. The van der Waals surface area contributed by atoms with Crippen LogP contribution in [0.1, 0.15) is 16.7 Å². The molecule has 3 aromatic rings. The van der Waals surface area contributed by atoms with Crippen LogP contribution in [0.25, 0.3) is 12.2 Å². The number of methoxy groups -OCH3 is 2. The predicted octanol–water partition coefficient (Wildman–Crippen LogP) is 4.38. The zero-order valence-corrected chi connectivity index (χ0v) is 21.6. The average Bonchev–Trinajstić information content (AvgIpc) is 2.94. The third-order valence-corrected chi connectivity index (χ3v) is 5.44. The molecule has 0 bridgehead atoms. The second-order valence-electron chi connectivity index (χ2n) is 8.23. The van der Waals surface area contributed by atoms with Gasteiger partial charge in [-0.2, -0.15) is 0 Å². The number of hydrogen-bond donors (Lipinski definition) is 3. The van der Waals surface area contributed by atoms with E-state index in [9.17, 15) is 14.4 Å². The van der Waals surface area contributed by atoms with E-state index in [1.54, 1.807) is 68.8 Å². The average molecular weight is 535 g/mol. The van der Waals surface area contributed by atoms with E-state index in [2.05, 4.69) is 10.6 Å². The molecule has 3 N–H and O–H groups in total. The highest BCUT2D eigenvalue weighted by Crippen LogP contribution is 2.24. The molecule has 0 aliphatic rings. The fourth-order valence-electron chi connectivity index (χ4n) is 3.53. The molecule has 1 atom stereocenters. The number of benzene rings is 3. The lowest BCUT2D eigenvalue weighted by Crippen LogP contribution is -2.48. The molecule has 39 heavy (non-hydrogen) atoms. The van der Waals surface area contributed by atoms with Crippen LogP contribution in [0.2, 0.25) is 0 Å². The van der Waals surface area contributed by atoms with Gasteiger partial charge < -0.3 is 34.7 Å². The lowest BCUT2D eigenvalue weighted by atomic mass is 10.1. The second-order valence-corrected chi connectivity index (χ2v) is 8.23. The quantitative estimate of drug-likeness (QED) is 0.135. The van der Waals surface area contributed by atoms with Gasteiger partial charge in [0.1, 0.15) is 29.9 Å². The highest BCUT2D eigenvalue weighted by Gasteiger charge is 2.20. The van der Waals surface area contributed by atoms with Crippen molar-refractivity contribution in [2.24, 2.45) is 0 Å². The summed E-state index contributed by atoms with van der Waals surface area (Å²) < 4.78 is 20.7. The SMILES string of the molecule is COc1cc(C=Cc2ccc(OC(=O)OCCNC(=O)C(Cc3ccccc3)NC(=O)O)cc2)cc(OC)c1. The predicted molar refractivity (Wildman–Crippen MR) is 145 cm³/mol. The summed E-state index contributed by atoms with van der Waals surface area (Å²) in [5.41, 5.74) is 2.57. The van der Waals surface area contributed by atoms with Crippen molar-refractivity contribution in [1.82, 2.24) is 10.6 Å². The molecule has 10 heteroatoms. The first-order chi connectivity index (χ1) is 18.9. The molecule has 0 aliphatic heterocycles. The maximum Gasteiger partial charge on any atom is 0.513 e. The summed E-state index contributed by atoms with van der Waals surface area (Å²) in [6, 6.07) is 20.4. The first-order valence-electron chi connectivity index (χ1n) is 12.0. The molecule has 0 aliphatic carbocycles. The normalized spacial score (nSPS) is 11.3. The van der Waals surface area contributed by atoms with Crippen molar-refractivity contribution < 1.29 is 38.4 Å². The van der Waals surface area contributed by atoms with E-state index in [4.69, 9.17) is 24.1 Å². The first kappa shape index (κ1) is 28.6. The molecule has 204 valence electrons. The van der Waals surface area contributed by atoms with Crippen molar-refractivity contribution in [3.8, 4) is 17.2 Å². The second kappa shape index (κ2) is 14.7. The molecule has 10 nitrogen and oxygen atoms in total. The van der Waals surface area contributed by atoms with Gasteiger partial charge in [0.15, 0.2) is 0 Å². The van der Waals surface area contributed by atoms with Crippen LogP contribution in [0.5, 0.6) is 17.2 Å². The minimum Gasteiger partial charge on any atom is -0.497 e. The molecule has 1 unspecified atom stereocenters. The molecule has 0 fully saturated rings. The number of carboxylic acid groups (broad SMARTS) is 1. The Labute approximate surface area is 226 Å². The van der Waals surface area contributed by atoms with Crippen LogP contribution in [0.15, 0.2) is 72.8 Å². The Morgan fingerprint density at radius 1 is 0.846 bits per heavy atom. The Kier molecular flexibility index (Phi) is 10.8. The van der Waals surface area contributed by atoms with Crippen LogP contribution in [0.4, 0.5) is 9.59 Å². The van der Waals surface area contributed by atoms with Crippen LogP contribution in [-0.4, -0.2) is 56.7 Å². The lowest BCUT2D eigenvalue weighted by molar-refractivity contribution is -0.123. The number of ether oxygens (including phenoxy) is 4. The summed E-state index contributed by atoms with van der Waals surface area (Å²) in [6.07, 6.45) is 1.73. The molecule has 0 radical (unpaired) electrons. The fraction of sp³-hybridized carbons (Fsp3) is 0.207. The Morgan fingerprint density at radius 3 is 2.10 bits per heavy atom. The Hall–Kier alpha value is -4.99. The third-order valence-electron chi connectivity index (χ3n) is 5.44. The molecule has 0 spiro atoms. The van der Waals surface area contributed by atoms with Crippen molar-refractivity contribution in [3.05, 3.63) is 89.5 Å². The van der Waals surface area contributed by atoms with Crippen molar-refractivity contribution >= 4 is 30.3 Å². The molecule has 0 saturated carbocycles. The van der Waals surface area contributed by atoms with Gasteiger partial charge in [0.25, 0.3) is 0 Å². The van der Waals surface area contributed by atoms with E-state index in [1.165, 1.54) is 0 Å². The number of rotatable bonds is 12. The number of carbonyl (C=O) groups excluding carboxylic acids is 2. The monoisotopic (exact) mass is 534 g/mol. The summed E-state index contributed by atoms with van der Waals surface area (Å²) in [6.45, 7) is -0.167. The Bertz CT molecular complexity index is 1250. The summed E-state index contributed by atoms with van der Waals surface area (Å²) in [4.78, 5) is 35.5. The van der Waals surface area contributed by atoms with Gasteiger partial charge in [-0.15, -0.1) is 0 Å².